The van der Waals surface area contributed by atoms with Crippen LogP contribution in [0.4, 0.5) is 33.6 Å². The van der Waals surface area contributed by atoms with Gasteiger partial charge in [0.25, 0.3) is 0 Å². The second-order valence-electron chi connectivity index (χ2n) is 12.0. The maximum Gasteiger partial charge on any atom is 0.434 e. The van der Waals surface area contributed by atoms with Gasteiger partial charge in [-0.25, -0.2) is 23.7 Å². The third-order valence-corrected chi connectivity index (χ3v) is 9.04. The van der Waals surface area contributed by atoms with Crippen molar-refractivity contribution in [3.05, 3.63) is 93.6 Å². The Kier molecular flexibility index (Phi) is 9.64. The number of amides is 1. The Labute approximate surface area is 271 Å². The molecule has 0 radical (unpaired) electrons. The zero-order valence-electron chi connectivity index (χ0n) is 26.0. The van der Waals surface area contributed by atoms with Gasteiger partial charge in [-0.1, -0.05) is 12.1 Å². The molecule has 11 nitrogen and oxygen atoms in total. The summed E-state index contributed by atoms with van der Waals surface area (Å²) in [6, 6.07) is 6.88. The number of hydrogen-bond donors (Lipinski definition) is 2. The molecule has 0 unspecified atom stereocenters. The highest BCUT2D eigenvalue weighted by molar-refractivity contribution is 5.92. The van der Waals surface area contributed by atoms with E-state index in [1.807, 2.05) is 9.80 Å². The summed E-state index contributed by atoms with van der Waals surface area (Å²) in [5.74, 6) is -3.73. The molecule has 4 heterocycles. The molecule has 2 atom stereocenters. The van der Waals surface area contributed by atoms with Crippen LogP contribution in [-0.2, 0) is 28.7 Å². The average molecular weight is 676 g/mol. The number of halogens is 5. The Bertz CT molecular complexity index is 1800. The van der Waals surface area contributed by atoms with Gasteiger partial charge >= 0.3 is 11.9 Å². The predicted octanol–water partition coefficient (Wildman–Crippen LogP) is 4.42. The van der Waals surface area contributed by atoms with E-state index in [0.717, 1.165) is 24.3 Å². The third-order valence-electron chi connectivity index (χ3n) is 9.04. The molecule has 6 rings (SSSR count). The lowest BCUT2D eigenvalue weighted by Gasteiger charge is -2.34. The van der Waals surface area contributed by atoms with Gasteiger partial charge in [0, 0.05) is 76.3 Å². The van der Waals surface area contributed by atoms with Crippen molar-refractivity contribution in [1.29, 1.82) is 0 Å². The molecule has 2 aliphatic rings. The van der Waals surface area contributed by atoms with E-state index in [1.54, 1.807) is 17.9 Å². The SMILES string of the molecule is COC1CCN(c2cc(C(F)(F)F)ccc2Cn2ccnc2NC(=O)[C@@H]2CN(CCc3n[nH]c(=O)o3)C[C@H]2c2ccc(F)cc2F)CC1. The number of H-pyrrole nitrogens is 1. The largest absolute Gasteiger partial charge is 0.434 e. The zero-order chi connectivity index (χ0) is 34.0. The molecule has 2 saturated heterocycles. The van der Waals surface area contributed by atoms with E-state index in [-0.39, 0.29) is 49.6 Å². The molecule has 2 N–H and O–H groups in total. The molecule has 2 aliphatic heterocycles. The minimum absolute atomic E-state index is 0.0377. The number of hydrogen-bond acceptors (Lipinski definition) is 8. The van der Waals surface area contributed by atoms with Crippen LogP contribution in [-0.4, -0.2) is 76.5 Å². The number of nitrogens with zero attached hydrogens (tertiary/aromatic N) is 5. The number of aromatic amines is 1. The second kappa shape index (κ2) is 13.9. The molecule has 0 aliphatic carbocycles. The molecule has 48 heavy (non-hydrogen) atoms. The summed E-state index contributed by atoms with van der Waals surface area (Å²) in [5, 5.41) is 8.82. The van der Waals surface area contributed by atoms with Crippen LogP contribution < -0.4 is 16.0 Å². The number of methoxy groups -OCH3 is 1. The zero-order valence-corrected chi connectivity index (χ0v) is 26.0. The number of anilines is 2. The second-order valence-corrected chi connectivity index (χ2v) is 12.0. The van der Waals surface area contributed by atoms with E-state index in [9.17, 15) is 31.5 Å². The van der Waals surface area contributed by atoms with Crippen molar-refractivity contribution in [2.45, 2.75) is 44.0 Å². The summed E-state index contributed by atoms with van der Waals surface area (Å²) >= 11 is 0. The lowest BCUT2D eigenvalue weighted by Crippen LogP contribution is -2.37. The minimum atomic E-state index is -4.52. The summed E-state index contributed by atoms with van der Waals surface area (Å²) in [7, 11) is 1.62. The van der Waals surface area contributed by atoms with Crippen LogP contribution in [0.3, 0.4) is 0 Å². The highest BCUT2D eigenvalue weighted by atomic mass is 19.4. The molecule has 0 spiro atoms. The van der Waals surface area contributed by atoms with E-state index in [1.165, 1.54) is 18.3 Å². The monoisotopic (exact) mass is 675 g/mol. The third kappa shape index (κ3) is 7.44. The summed E-state index contributed by atoms with van der Waals surface area (Å²) < 4.78 is 81.9. The fourth-order valence-corrected chi connectivity index (χ4v) is 6.52. The Balaban J connectivity index is 1.22. The van der Waals surface area contributed by atoms with Gasteiger partial charge in [-0.3, -0.25) is 10.1 Å². The van der Waals surface area contributed by atoms with Crippen LogP contribution in [0.5, 0.6) is 0 Å². The summed E-state index contributed by atoms with van der Waals surface area (Å²) in [4.78, 5) is 33.3. The van der Waals surface area contributed by atoms with Gasteiger partial charge < -0.3 is 23.5 Å². The van der Waals surface area contributed by atoms with E-state index in [2.05, 4.69) is 20.5 Å². The van der Waals surface area contributed by atoms with Crippen molar-refractivity contribution in [1.82, 2.24) is 24.6 Å². The van der Waals surface area contributed by atoms with Gasteiger partial charge in [0.05, 0.1) is 24.1 Å². The standard InChI is InChI=1S/C32H34F5N7O4/c1-47-22-6-11-43(12-7-22)27-14-20(32(35,36)37)3-2-19(27)16-44-13-9-38-30(44)39-29(45)25-18-42(10-8-28-40-41-31(46)48-28)17-24(25)23-5-4-21(33)15-26(23)34/h2-5,9,13-15,22,24-25H,6-8,10-12,16-18H2,1H3,(H,41,46)(H,38,39,45)/t24-,25+/m0/s1. The Hall–Kier alpha value is -4.57. The smallest absolute Gasteiger partial charge is 0.392 e. The first-order valence-electron chi connectivity index (χ1n) is 15.5. The molecule has 2 aromatic heterocycles. The number of carbonyl (C=O) groups excluding carboxylic acids is 1. The first-order valence-corrected chi connectivity index (χ1v) is 15.5. The number of imidazole rings is 1. The van der Waals surface area contributed by atoms with Crippen LogP contribution in [0.2, 0.25) is 0 Å². The van der Waals surface area contributed by atoms with Crippen molar-refractivity contribution in [3.63, 3.8) is 0 Å². The number of likely N-dealkylation sites (tertiary alicyclic amines) is 1. The molecular weight excluding hydrogens is 641 g/mol. The fourth-order valence-electron chi connectivity index (χ4n) is 6.52. The number of nitrogens with one attached hydrogen (secondary N) is 2. The molecule has 0 saturated carbocycles. The van der Waals surface area contributed by atoms with Crippen molar-refractivity contribution in [3.8, 4) is 0 Å². The van der Waals surface area contributed by atoms with E-state index < -0.39 is 46.9 Å². The fraction of sp³-hybridized carbons (Fsp3) is 0.438. The van der Waals surface area contributed by atoms with Gasteiger partial charge in [0.1, 0.15) is 11.6 Å². The predicted molar refractivity (Wildman–Crippen MR) is 164 cm³/mol. The summed E-state index contributed by atoms with van der Waals surface area (Å²) in [5.41, 5.74) is 0.473. The van der Waals surface area contributed by atoms with Gasteiger partial charge in [-0.15, -0.1) is 5.10 Å². The summed E-state index contributed by atoms with van der Waals surface area (Å²) in [6.45, 7) is 1.98. The van der Waals surface area contributed by atoms with Crippen LogP contribution >= 0.6 is 0 Å². The average Bonchev–Trinajstić information content (AvgIpc) is 3.80. The van der Waals surface area contributed by atoms with Gasteiger partial charge in [0.2, 0.25) is 17.7 Å². The molecule has 4 aromatic rings. The number of rotatable bonds is 10. The number of ether oxygens (including phenoxy) is 1. The van der Waals surface area contributed by atoms with Crippen molar-refractivity contribution < 1.29 is 35.9 Å². The van der Waals surface area contributed by atoms with Crippen LogP contribution in [0.15, 0.2) is 58.0 Å². The van der Waals surface area contributed by atoms with E-state index >= 15 is 0 Å². The van der Waals surface area contributed by atoms with Gasteiger partial charge in [-0.2, -0.15) is 13.2 Å². The number of benzene rings is 2. The molecule has 256 valence electrons. The van der Waals surface area contributed by atoms with Crippen LogP contribution in [0.25, 0.3) is 0 Å². The Morgan fingerprint density at radius 2 is 1.92 bits per heavy atom. The van der Waals surface area contributed by atoms with E-state index in [4.69, 9.17) is 9.15 Å². The topological polar surface area (TPSA) is 122 Å². The molecule has 2 fully saturated rings. The van der Waals surface area contributed by atoms with Crippen molar-refractivity contribution in [2.24, 2.45) is 5.92 Å². The highest BCUT2D eigenvalue weighted by Gasteiger charge is 2.40. The summed E-state index contributed by atoms with van der Waals surface area (Å²) in [6.07, 6.45) is 0.202. The molecule has 16 heteroatoms. The number of aromatic nitrogens is 4. The molecule has 2 aromatic carbocycles. The van der Waals surface area contributed by atoms with Crippen molar-refractivity contribution >= 4 is 17.5 Å². The molecular formula is C32H34F5N7O4. The quantitative estimate of drug-likeness (QED) is 0.237. The maximum atomic E-state index is 15.0. The normalized spacial score (nSPS) is 19.2. The lowest BCUT2D eigenvalue weighted by molar-refractivity contribution is -0.137. The van der Waals surface area contributed by atoms with Crippen LogP contribution in [0, 0.1) is 17.6 Å². The number of carbonyl (C=O) groups is 1. The maximum absolute atomic E-state index is 15.0. The number of alkyl halides is 3. The lowest BCUT2D eigenvalue weighted by atomic mass is 9.88. The Morgan fingerprint density at radius 3 is 2.60 bits per heavy atom. The van der Waals surface area contributed by atoms with Gasteiger partial charge in [-0.05, 0) is 42.2 Å². The first kappa shape index (κ1) is 33.3. The van der Waals surface area contributed by atoms with Gasteiger partial charge in [0.15, 0.2) is 0 Å². The van der Waals surface area contributed by atoms with E-state index in [0.29, 0.717) is 43.7 Å². The highest BCUT2D eigenvalue weighted by Crippen LogP contribution is 2.37. The van der Waals surface area contributed by atoms with Crippen molar-refractivity contribution in [2.75, 3.05) is 50.1 Å². The molecule has 1 amide bonds. The first-order chi connectivity index (χ1) is 23.0. The molecule has 0 bridgehead atoms. The number of piperidine rings is 1. The van der Waals surface area contributed by atoms with Crippen LogP contribution in [0.1, 0.15) is 41.3 Å². The Morgan fingerprint density at radius 1 is 1.12 bits per heavy atom. The minimum Gasteiger partial charge on any atom is -0.392 e.